The fourth-order valence-electron chi connectivity index (χ4n) is 6.19. The number of carboxylic acid groups (broad SMARTS) is 1. The zero-order valence-corrected chi connectivity index (χ0v) is 28.8. The molecule has 4 aliphatic rings. The maximum atomic E-state index is 15.8. The van der Waals surface area contributed by atoms with Gasteiger partial charge in [0.2, 0.25) is 0 Å². The molecule has 3 aliphatic heterocycles. The number of carbonyl (C=O) groups is 2. The van der Waals surface area contributed by atoms with Crippen molar-refractivity contribution in [2.24, 2.45) is 5.92 Å². The van der Waals surface area contributed by atoms with Crippen molar-refractivity contribution in [2.75, 3.05) is 31.3 Å². The van der Waals surface area contributed by atoms with Gasteiger partial charge in [-0.05, 0) is 65.5 Å². The van der Waals surface area contributed by atoms with Crippen LogP contribution in [0.2, 0.25) is 25.7 Å². The van der Waals surface area contributed by atoms with Crippen molar-refractivity contribution < 1.29 is 23.8 Å². The molecule has 1 saturated carbocycles. The lowest BCUT2D eigenvalue weighted by Gasteiger charge is -2.37. The minimum absolute atomic E-state index is 0.132. The van der Waals surface area contributed by atoms with Gasteiger partial charge in [0.25, 0.3) is 0 Å². The summed E-state index contributed by atoms with van der Waals surface area (Å²) >= 11 is 4.73. The van der Waals surface area contributed by atoms with Gasteiger partial charge in [-0.1, -0.05) is 31.5 Å². The molecular weight excluding hydrogens is 665 g/mol. The summed E-state index contributed by atoms with van der Waals surface area (Å²) in [6.07, 6.45) is 3.44. The summed E-state index contributed by atoms with van der Waals surface area (Å²) in [7, 11) is -1.35. The SMILES string of the molecule is CSc1nc2c(F)c(Br)c(CCC#N)cc2c(N[C@H]2[C@@H]3C[C@H]2N(C(=O)O)C3)c1C#C[C@H]1CCCN1C(=O)OCC[Si](C)(C)C. The third-order valence-corrected chi connectivity index (χ3v) is 11.9. The smallest absolute Gasteiger partial charge is 0.410 e. The zero-order chi connectivity index (χ0) is 31.8. The van der Waals surface area contributed by atoms with Crippen LogP contribution in [0, 0.1) is 34.9 Å². The lowest BCUT2D eigenvalue weighted by Crippen LogP contribution is -2.49. The molecule has 2 amide bonds. The summed E-state index contributed by atoms with van der Waals surface area (Å²) < 4.78 is 21.7. The maximum Gasteiger partial charge on any atom is 0.410 e. The second-order valence-electron chi connectivity index (χ2n) is 12.8. The molecule has 0 unspecified atom stereocenters. The number of aryl methyl sites for hydroxylation is 1. The van der Waals surface area contributed by atoms with Crippen LogP contribution in [0.25, 0.3) is 10.9 Å². The first-order chi connectivity index (χ1) is 20.9. The molecule has 234 valence electrons. The van der Waals surface area contributed by atoms with Crippen molar-refractivity contribution in [2.45, 2.75) is 80.9 Å². The van der Waals surface area contributed by atoms with E-state index in [-0.39, 0.29) is 46.5 Å². The molecule has 1 aromatic carbocycles. The minimum Gasteiger partial charge on any atom is -0.465 e. The summed E-state index contributed by atoms with van der Waals surface area (Å²) in [5.74, 6) is 6.23. The van der Waals surface area contributed by atoms with Crippen molar-refractivity contribution >= 4 is 64.5 Å². The quantitative estimate of drug-likeness (QED) is 0.176. The van der Waals surface area contributed by atoms with E-state index in [1.54, 1.807) is 4.90 Å². The Kier molecular flexibility index (Phi) is 9.68. The number of hydrogen-bond donors (Lipinski definition) is 2. The fourth-order valence-corrected chi connectivity index (χ4v) is 7.95. The lowest BCUT2D eigenvalue weighted by molar-refractivity contribution is 0.109. The van der Waals surface area contributed by atoms with E-state index >= 15 is 4.39 Å². The number of thioether (sulfide) groups is 1. The first-order valence-corrected chi connectivity index (χ1v) is 20.6. The van der Waals surface area contributed by atoms with Crippen molar-refractivity contribution in [1.29, 1.82) is 5.26 Å². The monoisotopic (exact) mass is 701 g/mol. The molecule has 13 heteroatoms. The van der Waals surface area contributed by atoms with Gasteiger partial charge >= 0.3 is 12.2 Å². The molecule has 2 bridgehead atoms. The number of aromatic nitrogens is 1. The number of rotatable bonds is 8. The second kappa shape index (κ2) is 13.2. The van der Waals surface area contributed by atoms with Gasteiger partial charge in [0, 0.05) is 38.9 Å². The van der Waals surface area contributed by atoms with Crippen LogP contribution in [0.1, 0.15) is 36.8 Å². The van der Waals surface area contributed by atoms with E-state index in [1.165, 1.54) is 16.7 Å². The summed E-state index contributed by atoms with van der Waals surface area (Å²) in [5, 5.41) is 23.5. The third kappa shape index (κ3) is 6.51. The highest BCUT2D eigenvalue weighted by atomic mass is 79.9. The van der Waals surface area contributed by atoms with Crippen LogP contribution in [0.15, 0.2) is 15.6 Å². The highest BCUT2D eigenvalue weighted by Crippen LogP contribution is 2.45. The van der Waals surface area contributed by atoms with E-state index in [0.29, 0.717) is 59.8 Å². The Balaban J connectivity index is 1.55. The van der Waals surface area contributed by atoms with Gasteiger partial charge in [-0.2, -0.15) is 5.26 Å². The molecule has 44 heavy (non-hydrogen) atoms. The lowest BCUT2D eigenvalue weighted by atomic mass is 9.79. The largest absolute Gasteiger partial charge is 0.465 e. The number of amides is 2. The van der Waals surface area contributed by atoms with Crippen molar-refractivity contribution in [1.82, 2.24) is 14.8 Å². The second-order valence-corrected chi connectivity index (χ2v) is 20.0. The van der Waals surface area contributed by atoms with Gasteiger partial charge in [-0.25, -0.2) is 19.0 Å². The van der Waals surface area contributed by atoms with Gasteiger partial charge in [0.05, 0.1) is 46.5 Å². The molecule has 1 aliphatic carbocycles. The Labute approximate surface area is 271 Å². The molecule has 1 aromatic heterocycles. The number of nitrogens with zero attached hydrogens (tertiary/aromatic N) is 4. The fraction of sp³-hybridized carbons (Fsp3) is 0.548. The number of halogens is 2. The van der Waals surface area contributed by atoms with Crippen molar-refractivity contribution in [3.8, 4) is 17.9 Å². The number of fused-ring (bicyclic) bond motifs is 2. The first-order valence-electron chi connectivity index (χ1n) is 14.9. The van der Waals surface area contributed by atoms with E-state index < -0.39 is 20.0 Å². The molecule has 2 N–H and O–H groups in total. The van der Waals surface area contributed by atoms with Gasteiger partial charge in [-0.15, -0.1) is 11.8 Å². The predicted molar refractivity (Wildman–Crippen MR) is 175 cm³/mol. The number of likely N-dealkylation sites (tertiary alicyclic amines) is 1. The molecule has 0 radical (unpaired) electrons. The average molecular weight is 703 g/mol. The predicted octanol–water partition coefficient (Wildman–Crippen LogP) is 6.77. The van der Waals surface area contributed by atoms with Gasteiger partial charge in [-0.3, -0.25) is 4.90 Å². The number of carbonyl (C=O) groups excluding carboxylic acids is 1. The summed E-state index contributed by atoms with van der Waals surface area (Å²) in [6, 6.07) is 4.20. The van der Waals surface area contributed by atoms with Crippen LogP contribution >= 0.6 is 27.7 Å². The van der Waals surface area contributed by atoms with E-state index in [4.69, 9.17) is 9.72 Å². The van der Waals surface area contributed by atoms with Crippen molar-refractivity contribution in [3.05, 3.63) is 27.5 Å². The van der Waals surface area contributed by atoms with Gasteiger partial charge in [0.1, 0.15) is 10.5 Å². The van der Waals surface area contributed by atoms with E-state index in [2.05, 4.69) is 58.8 Å². The Bertz CT molecular complexity index is 1590. The molecule has 4 heterocycles. The topological polar surface area (TPSA) is 119 Å². The third-order valence-electron chi connectivity index (χ3n) is 8.69. The van der Waals surface area contributed by atoms with Crippen LogP contribution < -0.4 is 5.32 Å². The number of pyridine rings is 1. The van der Waals surface area contributed by atoms with Gasteiger partial charge < -0.3 is 20.1 Å². The number of benzene rings is 1. The zero-order valence-electron chi connectivity index (χ0n) is 25.4. The number of hydrogen-bond acceptors (Lipinski definition) is 7. The van der Waals surface area contributed by atoms with Gasteiger partial charge in [0.15, 0.2) is 5.82 Å². The number of nitriles is 1. The maximum absolute atomic E-state index is 15.8. The molecule has 6 rings (SSSR count). The van der Waals surface area contributed by atoms with E-state index in [1.807, 2.05) is 12.3 Å². The highest BCUT2D eigenvalue weighted by Gasteiger charge is 2.54. The first kappa shape index (κ1) is 32.4. The molecule has 0 spiro atoms. The number of ether oxygens (including phenoxy) is 1. The minimum atomic E-state index is -1.35. The van der Waals surface area contributed by atoms with Crippen LogP contribution in [-0.2, 0) is 11.2 Å². The summed E-state index contributed by atoms with van der Waals surface area (Å²) in [6.45, 7) is 8.13. The van der Waals surface area contributed by atoms with Crippen LogP contribution in [-0.4, -0.2) is 84.2 Å². The standard InChI is InChI=1S/C31H37BrFN5O4SSi/c1-43-29-21(10-9-20-8-6-12-37(20)31(41)42-13-14-44(2,3)4)27(35-26-19-16-23(26)38(17-19)30(39)40)22-15-18(7-5-11-34)24(32)25(33)28(22)36-29/h15,19-20,23,26H,5-8,12-14,16-17H2,1-4H3,(H,35,36)(H,39,40)/t19-,20-,23-,26+/m1/s1. The highest BCUT2D eigenvalue weighted by molar-refractivity contribution is 9.10. The Morgan fingerprint density at radius 1 is 1.34 bits per heavy atom. The Morgan fingerprint density at radius 2 is 2.11 bits per heavy atom. The molecule has 2 aromatic rings. The Morgan fingerprint density at radius 3 is 2.77 bits per heavy atom. The molecule has 9 nitrogen and oxygen atoms in total. The molecule has 4 atom stereocenters. The van der Waals surface area contributed by atoms with Crippen LogP contribution in [0.4, 0.5) is 19.7 Å². The summed E-state index contributed by atoms with van der Waals surface area (Å²) in [5.41, 5.74) is 2.00. The molecular formula is C31H37BrFN5O4SSi. The van der Waals surface area contributed by atoms with E-state index in [0.717, 1.165) is 18.9 Å². The summed E-state index contributed by atoms with van der Waals surface area (Å²) in [4.78, 5) is 32.6. The average Bonchev–Trinajstić information content (AvgIpc) is 3.71. The number of nitrogens with one attached hydrogen (secondary N) is 1. The molecule has 3 saturated heterocycles. The molecule has 4 fully saturated rings. The van der Waals surface area contributed by atoms with E-state index in [9.17, 15) is 20.0 Å². The Hall–Kier alpha value is -3.00. The normalized spacial score (nSPS) is 22.3. The van der Waals surface area contributed by atoms with Crippen LogP contribution in [0.3, 0.4) is 0 Å². The number of anilines is 1. The van der Waals surface area contributed by atoms with Crippen LogP contribution in [0.5, 0.6) is 0 Å². The van der Waals surface area contributed by atoms with Crippen molar-refractivity contribution in [3.63, 3.8) is 0 Å².